The fraction of sp³-hybridized carbons (Fsp3) is 0.364. The third-order valence-corrected chi connectivity index (χ3v) is 5.34. The molecule has 2 unspecified atom stereocenters. The highest BCUT2D eigenvalue weighted by atomic mass is 32.2. The molecule has 6 nitrogen and oxygen atoms in total. The van der Waals surface area contributed by atoms with Crippen molar-refractivity contribution in [3.05, 3.63) is 59.7 Å². The summed E-state index contributed by atoms with van der Waals surface area (Å²) < 4.78 is 11.2. The molecule has 2 atom stereocenters. The Morgan fingerprint density at radius 2 is 1.76 bits per heavy atom. The zero-order valence-corrected chi connectivity index (χ0v) is 17.5. The summed E-state index contributed by atoms with van der Waals surface area (Å²) in [7, 11) is 0. The van der Waals surface area contributed by atoms with Crippen LogP contribution in [0.1, 0.15) is 35.3 Å². The Balaban J connectivity index is 1.66. The van der Waals surface area contributed by atoms with E-state index in [2.05, 4.69) is 10.6 Å². The maximum atomic E-state index is 12.9. The predicted molar refractivity (Wildman–Crippen MR) is 115 cm³/mol. The molecular formula is C22H26N2O4S. The normalized spacial score (nSPS) is 14.6. The molecule has 2 N–H and O–H groups in total. The number of amides is 2. The third-order valence-electron chi connectivity index (χ3n) is 4.69. The van der Waals surface area contributed by atoms with E-state index in [9.17, 15) is 9.59 Å². The van der Waals surface area contributed by atoms with Gasteiger partial charge in [0.2, 0.25) is 5.91 Å². The van der Waals surface area contributed by atoms with E-state index in [0.717, 1.165) is 11.3 Å². The average molecular weight is 415 g/mol. The van der Waals surface area contributed by atoms with E-state index in [1.165, 1.54) is 0 Å². The van der Waals surface area contributed by atoms with Gasteiger partial charge in [0.05, 0.1) is 6.04 Å². The van der Waals surface area contributed by atoms with E-state index in [4.69, 9.17) is 9.47 Å². The van der Waals surface area contributed by atoms with Crippen LogP contribution in [0.25, 0.3) is 0 Å². The molecule has 0 radical (unpaired) electrons. The lowest BCUT2D eigenvalue weighted by Gasteiger charge is -2.23. The van der Waals surface area contributed by atoms with E-state index in [1.54, 1.807) is 36.0 Å². The molecule has 0 spiro atoms. The molecule has 0 aromatic heterocycles. The first kappa shape index (κ1) is 21.0. The number of hydrogen-bond acceptors (Lipinski definition) is 5. The predicted octanol–water partition coefficient (Wildman–Crippen LogP) is 3.19. The molecule has 3 rings (SSSR count). The Morgan fingerprint density at radius 3 is 2.48 bits per heavy atom. The Kier molecular flexibility index (Phi) is 7.41. The highest BCUT2D eigenvalue weighted by Gasteiger charge is 2.23. The van der Waals surface area contributed by atoms with Gasteiger partial charge in [0.15, 0.2) is 11.5 Å². The molecule has 0 fully saturated rings. The van der Waals surface area contributed by atoms with E-state index in [-0.39, 0.29) is 17.9 Å². The topological polar surface area (TPSA) is 76.7 Å². The highest BCUT2D eigenvalue weighted by molar-refractivity contribution is 7.98. The van der Waals surface area contributed by atoms with Crippen molar-refractivity contribution in [2.45, 2.75) is 25.4 Å². The Hall–Kier alpha value is -2.67. The van der Waals surface area contributed by atoms with Gasteiger partial charge in [-0.1, -0.05) is 24.3 Å². The van der Waals surface area contributed by atoms with Crippen molar-refractivity contribution >= 4 is 23.6 Å². The summed E-state index contributed by atoms with van der Waals surface area (Å²) in [4.78, 5) is 25.4. The van der Waals surface area contributed by atoms with Crippen molar-refractivity contribution in [2.75, 3.05) is 25.2 Å². The molecule has 7 heteroatoms. The van der Waals surface area contributed by atoms with Crippen molar-refractivity contribution in [1.29, 1.82) is 0 Å². The van der Waals surface area contributed by atoms with Crippen LogP contribution in [0.5, 0.6) is 11.5 Å². The van der Waals surface area contributed by atoms with Crippen molar-refractivity contribution in [1.82, 2.24) is 10.6 Å². The fourth-order valence-electron chi connectivity index (χ4n) is 3.06. The average Bonchev–Trinajstić information content (AvgIpc) is 2.76. The molecule has 0 bridgehead atoms. The van der Waals surface area contributed by atoms with Crippen LogP contribution in [0.15, 0.2) is 48.5 Å². The molecule has 2 amide bonds. The number of thioether (sulfide) groups is 1. The maximum absolute atomic E-state index is 12.9. The van der Waals surface area contributed by atoms with Crippen LogP contribution in [0.4, 0.5) is 0 Å². The molecule has 1 heterocycles. The first-order valence-electron chi connectivity index (χ1n) is 9.63. The lowest BCUT2D eigenvalue weighted by molar-refractivity contribution is -0.123. The summed E-state index contributed by atoms with van der Waals surface area (Å²) in [6, 6.07) is 13.7. The molecule has 154 valence electrons. The second-order valence-electron chi connectivity index (χ2n) is 6.81. The van der Waals surface area contributed by atoms with Gasteiger partial charge >= 0.3 is 0 Å². The van der Waals surface area contributed by atoms with Gasteiger partial charge in [-0.3, -0.25) is 9.59 Å². The Labute approximate surface area is 175 Å². The minimum atomic E-state index is -0.602. The molecule has 0 saturated carbocycles. The molecule has 29 heavy (non-hydrogen) atoms. The summed E-state index contributed by atoms with van der Waals surface area (Å²) in [5.74, 6) is 1.72. The van der Waals surface area contributed by atoms with Crippen molar-refractivity contribution < 1.29 is 19.1 Å². The van der Waals surface area contributed by atoms with Gasteiger partial charge in [0.25, 0.3) is 5.91 Å². The first-order chi connectivity index (χ1) is 14.1. The Bertz CT molecular complexity index is 844. The van der Waals surface area contributed by atoms with Crippen LogP contribution in [0.3, 0.4) is 0 Å². The van der Waals surface area contributed by atoms with Crippen molar-refractivity contribution in [3.63, 3.8) is 0 Å². The minimum Gasteiger partial charge on any atom is -0.486 e. The van der Waals surface area contributed by atoms with E-state index in [1.807, 2.05) is 37.4 Å². The maximum Gasteiger partial charge on any atom is 0.251 e. The van der Waals surface area contributed by atoms with Crippen molar-refractivity contribution in [3.8, 4) is 11.5 Å². The van der Waals surface area contributed by atoms with Crippen molar-refractivity contribution in [2.24, 2.45) is 0 Å². The monoisotopic (exact) mass is 414 g/mol. The van der Waals surface area contributed by atoms with E-state index >= 15 is 0 Å². The summed E-state index contributed by atoms with van der Waals surface area (Å²) in [5.41, 5.74) is 1.45. The summed E-state index contributed by atoms with van der Waals surface area (Å²) in [6.07, 6.45) is 2.53. The number of carbonyl (C=O) groups excluding carboxylic acids is 2. The van der Waals surface area contributed by atoms with Crippen LogP contribution < -0.4 is 20.1 Å². The summed E-state index contributed by atoms with van der Waals surface area (Å²) in [5, 5.41) is 5.88. The lowest BCUT2D eigenvalue weighted by Crippen LogP contribution is -2.47. The fourth-order valence-corrected chi connectivity index (χ4v) is 3.53. The second-order valence-corrected chi connectivity index (χ2v) is 7.79. The SMILES string of the molecule is CSCCC(NC(=O)c1ccccc1)C(=O)NC(C)c1ccc2c(c1)OCCO2. The minimum absolute atomic E-state index is 0.203. The quantitative estimate of drug-likeness (QED) is 0.694. The van der Waals surface area contributed by atoms with Gasteiger partial charge in [-0.15, -0.1) is 0 Å². The standard InChI is InChI=1S/C22H26N2O4S/c1-15(17-8-9-19-20(14-17)28-12-11-27-19)23-22(26)18(10-13-29-2)24-21(25)16-6-4-3-5-7-16/h3-9,14-15,18H,10-13H2,1-2H3,(H,23,26)(H,24,25). The Morgan fingerprint density at radius 1 is 1.03 bits per heavy atom. The van der Waals surface area contributed by atoms with Gasteiger partial charge < -0.3 is 20.1 Å². The summed E-state index contributed by atoms with van der Waals surface area (Å²) >= 11 is 1.64. The molecule has 2 aromatic rings. The van der Waals surface area contributed by atoms with Gasteiger partial charge in [0.1, 0.15) is 19.3 Å². The van der Waals surface area contributed by atoms with Gasteiger partial charge in [-0.2, -0.15) is 11.8 Å². The molecule has 2 aromatic carbocycles. The van der Waals surface area contributed by atoms with Crippen LogP contribution in [0.2, 0.25) is 0 Å². The number of ether oxygens (including phenoxy) is 2. The largest absolute Gasteiger partial charge is 0.486 e. The summed E-state index contributed by atoms with van der Waals surface area (Å²) in [6.45, 7) is 2.96. The van der Waals surface area contributed by atoms with Crippen LogP contribution in [-0.2, 0) is 4.79 Å². The number of hydrogen-bond donors (Lipinski definition) is 2. The molecule has 0 aliphatic carbocycles. The molecule has 1 aliphatic heterocycles. The smallest absolute Gasteiger partial charge is 0.251 e. The van der Waals surface area contributed by atoms with E-state index in [0.29, 0.717) is 36.7 Å². The van der Waals surface area contributed by atoms with Crippen LogP contribution in [0, 0.1) is 0 Å². The van der Waals surface area contributed by atoms with Gasteiger partial charge in [-0.05, 0) is 55.2 Å². The zero-order chi connectivity index (χ0) is 20.6. The molecule has 1 aliphatic rings. The number of fused-ring (bicyclic) bond motifs is 1. The van der Waals surface area contributed by atoms with Crippen LogP contribution >= 0.6 is 11.8 Å². The molecular weight excluding hydrogens is 388 g/mol. The second kappa shape index (κ2) is 10.2. The van der Waals surface area contributed by atoms with Gasteiger partial charge in [-0.25, -0.2) is 0 Å². The van der Waals surface area contributed by atoms with Crippen LogP contribution in [-0.4, -0.2) is 43.1 Å². The van der Waals surface area contributed by atoms with Gasteiger partial charge in [0, 0.05) is 5.56 Å². The third kappa shape index (κ3) is 5.67. The molecule has 0 saturated heterocycles. The number of benzene rings is 2. The van der Waals surface area contributed by atoms with E-state index < -0.39 is 6.04 Å². The zero-order valence-electron chi connectivity index (χ0n) is 16.6. The number of carbonyl (C=O) groups is 2. The lowest BCUT2D eigenvalue weighted by atomic mass is 10.1. The first-order valence-corrected chi connectivity index (χ1v) is 11.0. The highest BCUT2D eigenvalue weighted by Crippen LogP contribution is 2.32. The number of rotatable bonds is 8. The number of nitrogens with one attached hydrogen (secondary N) is 2.